The van der Waals surface area contributed by atoms with Gasteiger partial charge in [-0.05, 0) is 70.8 Å². The molecule has 5 rings (SSSR count). The van der Waals surface area contributed by atoms with Gasteiger partial charge in [0.25, 0.3) is 0 Å². The molecule has 2 unspecified atom stereocenters. The van der Waals surface area contributed by atoms with Crippen molar-refractivity contribution in [1.29, 1.82) is 0 Å². The van der Waals surface area contributed by atoms with E-state index in [1.165, 1.54) is 40.5 Å². The SMILES string of the molecule is COC(Cc1ccc(OCCOC2c3ccc(C)cc3C=Cc3ccc(CCc4ccccc4)cc32)cc1)C(=O)O. The summed E-state index contributed by atoms with van der Waals surface area (Å²) in [5.41, 5.74) is 9.38. The van der Waals surface area contributed by atoms with E-state index in [1.54, 1.807) is 0 Å². The average molecular weight is 549 g/mol. The first-order chi connectivity index (χ1) is 20.0. The number of fused-ring (bicyclic) bond motifs is 2. The van der Waals surface area contributed by atoms with Crippen LogP contribution in [-0.4, -0.2) is 37.5 Å². The number of ether oxygens (including phenoxy) is 3. The molecule has 2 atom stereocenters. The highest BCUT2D eigenvalue weighted by Crippen LogP contribution is 2.36. The van der Waals surface area contributed by atoms with E-state index in [0.717, 1.165) is 24.0 Å². The largest absolute Gasteiger partial charge is 0.491 e. The van der Waals surface area contributed by atoms with Crippen molar-refractivity contribution in [2.24, 2.45) is 0 Å². The molecular weight excluding hydrogens is 512 g/mol. The van der Waals surface area contributed by atoms with Gasteiger partial charge in [0, 0.05) is 13.5 Å². The highest BCUT2D eigenvalue weighted by Gasteiger charge is 2.23. The van der Waals surface area contributed by atoms with Crippen molar-refractivity contribution < 1.29 is 24.1 Å². The minimum Gasteiger partial charge on any atom is -0.491 e. The van der Waals surface area contributed by atoms with E-state index < -0.39 is 12.1 Å². The Morgan fingerprint density at radius 1 is 0.780 bits per heavy atom. The highest BCUT2D eigenvalue weighted by atomic mass is 16.5. The zero-order chi connectivity index (χ0) is 28.6. The Bertz CT molecular complexity index is 1490. The monoisotopic (exact) mass is 548 g/mol. The van der Waals surface area contributed by atoms with Gasteiger partial charge in [-0.3, -0.25) is 0 Å². The fourth-order valence-corrected chi connectivity index (χ4v) is 5.23. The van der Waals surface area contributed by atoms with Gasteiger partial charge in [0.05, 0.1) is 6.61 Å². The maximum atomic E-state index is 11.2. The molecule has 0 spiro atoms. The van der Waals surface area contributed by atoms with Crippen LogP contribution in [0.25, 0.3) is 12.2 Å². The minimum absolute atomic E-state index is 0.208. The van der Waals surface area contributed by atoms with Gasteiger partial charge in [-0.2, -0.15) is 0 Å². The van der Waals surface area contributed by atoms with Gasteiger partial charge in [0.2, 0.25) is 0 Å². The van der Waals surface area contributed by atoms with Gasteiger partial charge in [-0.1, -0.05) is 96.6 Å². The van der Waals surface area contributed by atoms with E-state index >= 15 is 0 Å². The predicted octanol–water partition coefficient (Wildman–Crippen LogP) is 7.09. The van der Waals surface area contributed by atoms with Crippen LogP contribution >= 0.6 is 0 Å². The molecule has 4 aromatic carbocycles. The summed E-state index contributed by atoms with van der Waals surface area (Å²) in [5.74, 6) is -0.260. The zero-order valence-electron chi connectivity index (χ0n) is 23.6. The zero-order valence-corrected chi connectivity index (χ0v) is 23.6. The highest BCUT2D eigenvalue weighted by molar-refractivity contribution is 5.76. The standard InChI is InChI=1S/C36H36O5/c1-25-8-19-32-30(22-25)16-15-29-14-11-27(10-9-26-6-4-3-5-7-26)23-33(29)35(32)41-21-20-40-31-17-12-28(13-18-31)24-34(39-2)36(37)38/h3-8,11-19,22-23,34-35H,9-10,20-21,24H2,1-2H3,(H,37,38). The number of carboxylic acids is 1. The molecule has 210 valence electrons. The van der Waals surface area contributed by atoms with Crippen LogP contribution in [0.5, 0.6) is 5.75 Å². The van der Waals surface area contributed by atoms with E-state index in [-0.39, 0.29) is 6.10 Å². The van der Waals surface area contributed by atoms with E-state index in [9.17, 15) is 9.90 Å². The Labute approximate surface area is 242 Å². The molecular formula is C36H36O5. The second kappa shape index (κ2) is 13.4. The first-order valence-corrected chi connectivity index (χ1v) is 14.0. The molecule has 0 saturated carbocycles. The Hall–Kier alpha value is -4.19. The van der Waals surface area contributed by atoms with Crippen molar-refractivity contribution in [3.63, 3.8) is 0 Å². The summed E-state index contributed by atoms with van der Waals surface area (Å²) in [6, 6.07) is 31.3. The van der Waals surface area contributed by atoms with Crippen LogP contribution in [0.1, 0.15) is 50.6 Å². The second-order valence-corrected chi connectivity index (χ2v) is 10.4. The lowest BCUT2D eigenvalue weighted by Crippen LogP contribution is -2.24. The number of hydrogen-bond acceptors (Lipinski definition) is 4. The summed E-state index contributed by atoms with van der Waals surface area (Å²) in [6.45, 7) is 2.92. The summed E-state index contributed by atoms with van der Waals surface area (Å²) in [7, 11) is 1.41. The molecule has 0 aliphatic heterocycles. The fourth-order valence-electron chi connectivity index (χ4n) is 5.23. The Morgan fingerprint density at radius 3 is 2.27 bits per heavy atom. The third-order valence-electron chi connectivity index (χ3n) is 7.49. The number of methoxy groups -OCH3 is 1. The molecule has 4 aromatic rings. The Kier molecular flexibility index (Phi) is 9.29. The molecule has 0 aromatic heterocycles. The van der Waals surface area contributed by atoms with E-state index in [0.29, 0.717) is 25.4 Å². The molecule has 0 radical (unpaired) electrons. The molecule has 41 heavy (non-hydrogen) atoms. The number of hydrogen-bond donors (Lipinski definition) is 1. The van der Waals surface area contributed by atoms with Crippen LogP contribution in [0.15, 0.2) is 91.0 Å². The topological polar surface area (TPSA) is 65.0 Å². The number of aryl methyl sites for hydroxylation is 3. The maximum absolute atomic E-state index is 11.2. The summed E-state index contributed by atoms with van der Waals surface area (Å²) in [6.07, 6.45) is 5.56. The lowest BCUT2D eigenvalue weighted by molar-refractivity contribution is -0.148. The predicted molar refractivity (Wildman–Crippen MR) is 162 cm³/mol. The fraction of sp³-hybridized carbons (Fsp3) is 0.250. The van der Waals surface area contributed by atoms with Gasteiger partial charge in [0.1, 0.15) is 18.5 Å². The summed E-state index contributed by atoms with van der Waals surface area (Å²) in [5, 5.41) is 9.22. The van der Waals surface area contributed by atoms with E-state index in [1.807, 2.05) is 24.3 Å². The number of rotatable bonds is 12. The summed E-state index contributed by atoms with van der Waals surface area (Å²) < 4.78 is 17.6. The number of aliphatic carboxylic acids is 1. The van der Waals surface area contributed by atoms with Crippen molar-refractivity contribution in [3.05, 3.63) is 136 Å². The van der Waals surface area contributed by atoms with Crippen molar-refractivity contribution >= 4 is 18.1 Å². The molecule has 1 N–H and O–H groups in total. The van der Waals surface area contributed by atoms with Crippen molar-refractivity contribution in [2.45, 2.75) is 38.4 Å². The quantitative estimate of drug-likeness (QED) is 0.192. The molecule has 0 heterocycles. The smallest absolute Gasteiger partial charge is 0.333 e. The van der Waals surface area contributed by atoms with Crippen molar-refractivity contribution in [3.8, 4) is 5.75 Å². The molecule has 1 aliphatic carbocycles. The maximum Gasteiger partial charge on any atom is 0.333 e. The molecule has 5 heteroatoms. The Morgan fingerprint density at radius 2 is 1.51 bits per heavy atom. The van der Waals surface area contributed by atoms with Crippen LogP contribution in [0.2, 0.25) is 0 Å². The molecule has 5 nitrogen and oxygen atoms in total. The molecule has 0 amide bonds. The summed E-state index contributed by atoms with van der Waals surface area (Å²) in [4.78, 5) is 11.2. The van der Waals surface area contributed by atoms with Crippen molar-refractivity contribution in [2.75, 3.05) is 20.3 Å². The number of benzene rings is 4. The van der Waals surface area contributed by atoms with Gasteiger partial charge in [-0.15, -0.1) is 0 Å². The third kappa shape index (κ3) is 7.31. The Balaban J connectivity index is 1.27. The van der Waals surface area contributed by atoms with E-state index in [2.05, 4.69) is 85.8 Å². The van der Waals surface area contributed by atoms with Crippen LogP contribution < -0.4 is 4.74 Å². The minimum atomic E-state index is -0.972. The van der Waals surface area contributed by atoms with Crippen LogP contribution in [0.3, 0.4) is 0 Å². The van der Waals surface area contributed by atoms with Gasteiger partial charge < -0.3 is 19.3 Å². The van der Waals surface area contributed by atoms with Crippen LogP contribution in [0.4, 0.5) is 0 Å². The number of carbonyl (C=O) groups is 1. The molecule has 1 aliphatic rings. The van der Waals surface area contributed by atoms with Gasteiger partial charge >= 0.3 is 5.97 Å². The van der Waals surface area contributed by atoms with Crippen LogP contribution in [-0.2, 0) is 33.5 Å². The lowest BCUT2D eigenvalue weighted by Gasteiger charge is -2.22. The number of carboxylic acid groups (broad SMARTS) is 1. The molecule has 0 bridgehead atoms. The average Bonchev–Trinajstić information content (AvgIpc) is 3.14. The van der Waals surface area contributed by atoms with Gasteiger partial charge in [-0.25, -0.2) is 4.79 Å². The van der Waals surface area contributed by atoms with Gasteiger partial charge in [0.15, 0.2) is 6.10 Å². The molecule has 0 saturated heterocycles. The first-order valence-electron chi connectivity index (χ1n) is 14.0. The van der Waals surface area contributed by atoms with Crippen LogP contribution in [0, 0.1) is 6.92 Å². The van der Waals surface area contributed by atoms with E-state index in [4.69, 9.17) is 14.2 Å². The summed E-state index contributed by atoms with van der Waals surface area (Å²) >= 11 is 0. The normalized spacial score (nSPS) is 14.5. The molecule has 0 fully saturated rings. The van der Waals surface area contributed by atoms with Crippen molar-refractivity contribution in [1.82, 2.24) is 0 Å². The first kappa shape index (κ1) is 28.3. The second-order valence-electron chi connectivity index (χ2n) is 10.4. The third-order valence-corrected chi connectivity index (χ3v) is 7.49. The lowest BCUT2D eigenvalue weighted by atomic mass is 9.93.